The van der Waals surface area contributed by atoms with E-state index in [4.69, 9.17) is 0 Å². The topological polar surface area (TPSA) is 61.0 Å². The molecule has 6 heteroatoms. The van der Waals surface area contributed by atoms with Gasteiger partial charge in [0.2, 0.25) is 0 Å². The number of hydrogen-bond acceptors (Lipinski definition) is 3. The number of benzene rings is 2. The van der Waals surface area contributed by atoms with Gasteiger partial charge < -0.3 is 0 Å². The number of aromatic nitrogens is 2. The summed E-state index contributed by atoms with van der Waals surface area (Å²) in [7, 11) is 0. The zero-order chi connectivity index (χ0) is 14.8. The van der Waals surface area contributed by atoms with Crippen LogP contribution >= 0.6 is 0 Å². The zero-order valence-electron chi connectivity index (χ0n) is 10.8. The highest BCUT2D eigenvalue weighted by molar-refractivity contribution is 5.63. The van der Waals surface area contributed by atoms with E-state index in [0.717, 1.165) is 11.1 Å². The second-order valence-electron chi connectivity index (χ2n) is 4.43. The van der Waals surface area contributed by atoms with E-state index in [9.17, 15) is 14.5 Å². The Kier molecular flexibility index (Phi) is 3.19. The fourth-order valence-corrected chi connectivity index (χ4v) is 2.06. The van der Waals surface area contributed by atoms with Crippen LogP contribution < -0.4 is 0 Å². The first kappa shape index (κ1) is 13.0. The largest absolute Gasteiger partial charge is 0.294 e. The van der Waals surface area contributed by atoms with Gasteiger partial charge in [-0.1, -0.05) is 24.3 Å². The molecule has 5 nitrogen and oxygen atoms in total. The van der Waals surface area contributed by atoms with Gasteiger partial charge in [-0.15, -0.1) is 0 Å². The normalized spacial score (nSPS) is 10.5. The lowest BCUT2D eigenvalue weighted by atomic mass is 10.1. The average molecular weight is 283 g/mol. The lowest BCUT2D eigenvalue weighted by molar-refractivity contribution is -0.384. The van der Waals surface area contributed by atoms with E-state index in [1.807, 2.05) is 0 Å². The Morgan fingerprint density at radius 3 is 2.48 bits per heavy atom. The van der Waals surface area contributed by atoms with Crippen molar-refractivity contribution in [3.05, 3.63) is 76.9 Å². The molecule has 0 aliphatic rings. The molecule has 0 fully saturated rings. The molecule has 3 aromatic rings. The third-order valence-electron chi connectivity index (χ3n) is 3.09. The molecule has 0 spiro atoms. The first-order chi connectivity index (χ1) is 10.1. The van der Waals surface area contributed by atoms with Crippen molar-refractivity contribution in [1.29, 1.82) is 0 Å². The number of hydrogen-bond donors (Lipinski definition) is 0. The Morgan fingerprint density at radius 2 is 1.76 bits per heavy atom. The molecule has 0 saturated heterocycles. The number of nitro groups is 1. The highest BCUT2D eigenvalue weighted by Gasteiger charge is 2.15. The Bertz CT molecular complexity index is 797. The third-order valence-corrected chi connectivity index (χ3v) is 3.09. The fraction of sp³-hybridized carbons (Fsp3) is 0. The number of rotatable bonds is 3. The van der Waals surface area contributed by atoms with Gasteiger partial charge in [-0.3, -0.25) is 10.1 Å². The Labute approximate surface area is 119 Å². The van der Waals surface area contributed by atoms with E-state index in [1.165, 1.54) is 22.9 Å². The van der Waals surface area contributed by atoms with Gasteiger partial charge in [0, 0.05) is 17.8 Å². The minimum atomic E-state index is -0.450. The number of para-hydroxylation sites is 2. The highest BCUT2D eigenvalue weighted by Crippen LogP contribution is 2.25. The molecule has 3 rings (SSSR count). The fourth-order valence-electron chi connectivity index (χ4n) is 2.06. The molecular weight excluding hydrogens is 273 g/mol. The van der Waals surface area contributed by atoms with Gasteiger partial charge in [-0.2, -0.15) is 5.10 Å². The maximum Gasteiger partial charge on any atom is 0.294 e. The predicted molar refractivity (Wildman–Crippen MR) is 75.6 cm³/mol. The molecular formula is C15H10FN3O2. The van der Waals surface area contributed by atoms with Crippen molar-refractivity contribution in [1.82, 2.24) is 9.78 Å². The van der Waals surface area contributed by atoms with Crippen LogP contribution in [0.1, 0.15) is 0 Å². The maximum absolute atomic E-state index is 12.9. The van der Waals surface area contributed by atoms with Crippen molar-refractivity contribution in [3.8, 4) is 16.8 Å². The van der Waals surface area contributed by atoms with Gasteiger partial charge in [0.15, 0.2) is 0 Å². The van der Waals surface area contributed by atoms with Gasteiger partial charge in [0.05, 0.1) is 11.1 Å². The third kappa shape index (κ3) is 2.51. The van der Waals surface area contributed by atoms with Crippen molar-refractivity contribution in [2.75, 3.05) is 0 Å². The monoisotopic (exact) mass is 283 g/mol. The van der Waals surface area contributed by atoms with Crippen molar-refractivity contribution in [2.45, 2.75) is 0 Å². The molecule has 0 amide bonds. The van der Waals surface area contributed by atoms with E-state index in [1.54, 1.807) is 42.7 Å². The molecule has 2 aromatic carbocycles. The molecule has 0 aliphatic heterocycles. The van der Waals surface area contributed by atoms with E-state index in [2.05, 4.69) is 5.10 Å². The lowest BCUT2D eigenvalue weighted by Crippen LogP contribution is -1.99. The predicted octanol–water partition coefficient (Wildman–Crippen LogP) is 3.59. The van der Waals surface area contributed by atoms with Gasteiger partial charge >= 0.3 is 0 Å². The molecule has 0 radical (unpaired) electrons. The number of nitrogens with zero attached hydrogens (tertiary/aromatic N) is 3. The molecule has 0 bridgehead atoms. The van der Waals surface area contributed by atoms with Crippen LogP contribution in [0, 0.1) is 15.9 Å². The maximum atomic E-state index is 12.9. The quantitative estimate of drug-likeness (QED) is 0.545. The average Bonchev–Trinajstić information content (AvgIpc) is 2.97. The first-order valence-electron chi connectivity index (χ1n) is 6.19. The van der Waals surface area contributed by atoms with E-state index in [-0.39, 0.29) is 11.5 Å². The van der Waals surface area contributed by atoms with Crippen molar-refractivity contribution >= 4 is 5.69 Å². The van der Waals surface area contributed by atoms with Crippen LogP contribution in [0.4, 0.5) is 10.1 Å². The van der Waals surface area contributed by atoms with Gasteiger partial charge in [0.25, 0.3) is 5.69 Å². The van der Waals surface area contributed by atoms with Crippen LogP contribution in [-0.4, -0.2) is 14.7 Å². The Balaban J connectivity index is 2.03. The number of nitro benzene ring substituents is 1. The molecule has 21 heavy (non-hydrogen) atoms. The summed E-state index contributed by atoms with van der Waals surface area (Å²) in [5.41, 5.74) is 1.91. The molecule has 0 aliphatic carbocycles. The summed E-state index contributed by atoms with van der Waals surface area (Å²) in [6.45, 7) is 0. The summed E-state index contributed by atoms with van der Waals surface area (Å²) >= 11 is 0. The second kappa shape index (κ2) is 5.16. The molecule has 0 N–H and O–H groups in total. The van der Waals surface area contributed by atoms with Crippen LogP contribution in [-0.2, 0) is 0 Å². The van der Waals surface area contributed by atoms with Crippen LogP contribution in [0.15, 0.2) is 60.9 Å². The van der Waals surface area contributed by atoms with Gasteiger partial charge in [0.1, 0.15) is 11.5 Å². The summed E-state index contributed by atoms with van der Waals surface area (Å²) in [5.74, 6) is -0.315. The van der Waals surface area contributed by atoms with E-state index < -0.39 is 4.92 Å². The second-order valence-corrected chi connectivity index (χ2v) is 4.43. The SMILES string of the molecule is O=[N+]([O-])c1ccccc1-n1cc(-c2ccc(F)cc2)cn1. The van der Waals surface area contributed by atoms with Crippen LogP contribution in [0.2, 0.25) is 0 Å². The van der Waals surface area contributed by atoms with Crippen molar-refractivity contribution in [2.24, 2.45) is 0 Å². The summed E-state index contributed by atoms with van der Waals surface area (Å²) in [5, 5.41) is 15.2. The minimum Gasteiger partial charge on any atom is -0.258 e. The number of halogens is 1. The van der Waals surface area contributed by atoms with Gasteiger partial charge in [-0.25, -0.2) is 9.07 Å². The van der Waals surface area contributed by atoms with Crippen LogP contribution in [0.25, 0.3) is 16.8 Å². The smallest absolute Gasteiger partial charge is 0.258 e. The van der Waals surface area contributed by atoms with E-state index in [0.29, 0.717) is 5.69 Å². The molecule has 0 unspecified atom stereocenters. The molecule has 0 atom stereocenters. The molecule has 1 aromatic heterocycles. The van der Waals surface area contributed by atoms with Gasteiger partial charge in [-0.05, 0) is 23.8 Å². The summed E-state index contributed by atoms with van der Waals surface area (Å²) in [6, 6.07) is 12.4. The molecule has 0 saturated carbocycles. The summed E-state index contributed by atoms with van der Waals surface area (Å²) in [4.78, 5) is 10.6. The molecule has 1 heterocycles. The van der Waals surface area contributed by atoms with E-state index >= 15 is 0 Å². The lowest BCUT2D eigenvalue weighted by Gasteiger charge is -2.02. The summed E-state index contributed by atoms with van der Waals surface area (Å²) < 4.78 is 14.4. The summed E-state index contributed by atoms with van der Waals surface area (Å²) in [6.07, 6.45) is 3.26. The zero-order valence-corrected chi connectivity index (χ0v) is 10.8. The highest BCUT2D eigenvalue weighted by atomic mass is 19.1. The van der Waals surface area contributed by atoms with Crippen LogP contribution in [0.3, 0.4) is 0 Å². The first-order valence-corrected chi connectivity index (χ1v) is 6.19. The molecule has 104 valence electrons. The van der Waals surface area contributed by atoms with Crippen molar-refractivity contribution in [3.63, 3.8) is 0 Å². The Morgan fingerprint density at radius 1 is 1.05 bits per heavy atom. The van der Waals surface area contributed by atoms with Crippen molar-refractivity contribution < 1.29 is 9.31 Å². The minimum absolute atomic E-state index is 0.0220. The Hall–Kier alpha value is -3.02. The standard InChI is InChI=1S/C15H10FN3O2/c16-13-7-5-11(6-8-13)12-9-17-18(10-12)14-3-1-2-4-15(14)19(20)21/h1-10H. The van der Waals surface area contributed by atoms with Crippen LogP contribution in [0.5, 0.6) is 0 Å².